The number of nitrogens with zero attached hydrogens (tertiary/aromatic N) is 2. The van der Waals surface area contributed by atoms with E-state index in [4.69, 9.17) is 4.74 Å². The smallest absolute Gasteiger partial charge is 0.416 e. The summed E-state index contributed by atoms with van der Waals surface area (Å²) < 4.78 is 43.2. The van der Waals surface area contributed by atoms with E-state index in [-0.39, 0.29) is 36.1 Å². The first-order valence-corrected chi connectivity index (χ1v) is 10.0. The highest BCUT2D eigenvalue weighted by atomic mass is 32.2. The lowest BCUT2D eigenvalue weighted by Gasteiger charge is -2.22. The van der Waals surface area contributed by atoms with Crippen molar-refractivity contribution in [3.05, 3.63) is 33.9 Å². The molecule has 1 aliphatic rings. The van der Waals surface area contributed by atoms with Crippen LogP contribution in [0.3, 0.4) is 0 Å². The van der Waals surface area contributed by atoms with E-state index in [0.29, 0.717) is 18.5 Å². The molecule has 0 unspecified atom stereocenters. The number of carbonyl (C=O) groups excluding carboxylic acids is 2. The summed E-state index contributed by atoms with van der Waals surface area (Å²) in [5.41, 5.74) is -1.82. The number of hydrogen-bond donors (Lipinski definition) is 0. The predicted molar refractivity (Wildman–Crippen MR) is 99.4 cm³/mol. The summed E-state index contributed by atoms with van der Waals surface area (Å²) in [4.78, 5) is 35.9. The van der Waals surface area contributed by atoms with Gasteiger partial charge in [-0.2, -0.15) is 13.2 Å². The first-order chi connectivity index (χ1) is 13.6. The number of carbonyl (C=O) groups is 2. The van der Waals surface area contributed by atoms with Crippen molar-refractivity contribution in [2.45, 2.75) is 37.3 Å². The quantitative estimate of drug-likeness (QED) is 0.240. The van der Waals surface area contributed by atoms with Gasteiger partial charge in [-0.15, -0.1) is 11.8 Å². The van der Waals surface area contributed by atoms with E-state index in [2.05, 4.69) is 0 Å². The van der Waals surface area contributed by atoms with E-state index in [0.717, 1.165) is 36.7 Å². The number of nitro groups is 1. The molecular weight excluding hydrogens is 413 g/mol. The number of benzene rings is 1. The zero-order valence-corrected chi connectivity index (χ0v) is 16.6. The highest BCUT2D eigenvalue weighted by Gasteiger charge is 2.33. The molecule has 0 atom stereocenters. The highest BCUT2D eigenvalue weighted by Crippen LogP contribution is 2.37. The van der Waals surface area contributed by atoms with Gasteiger partial charge < -0.3 is 9.64 Å². The van der Waals surface area contributed by atoms with Crippen LogP contribution in [-0.2, 0) is 20.5 Å². The zero-order chi connectivity index (χ0) is 21.6. The summed E-state index contributed by atoms with van der Waals surface area (Å²) in [5, 5.41) is 11.2. The van der Waals surface area contributed by atoms with Crippen molar-refractivity contribution in [2.75, 3.05) is 25.4 Å². The molecule has 1 aromatic carbocycles. The van der Waals surface area contributed by atoms with Crippen molar-refractivity contribution in [1.29, 1.82) is 0 Å². The average Bonchev–Trinajstić information content (AvgIpc) is 3.46. The predicted octanol–water partition coefficient (Wildman–Crippen LogP) is 3.90. The molecule has 11 heteroatoms. The first-order valence-electron chi connectivity index (χ1n) is 9.03. The van der Waals surface area contributed by atoms with Gasteiger partial charge in [0.2, 0.25) is 5.91 Å². The summed E-state index contributed by atoms with van der Waals surface area (Å²) in [6.07, 6.45) is -2.68. The van der Waals surface area contributed by atoms with Crippen LogP contribution in [0.1, 0.15) is 31.7 Å². The maximum absolute atomic E-state index is 12.8. The lowest BCUT2D eigenvalue weighted by molar-refractivity contribution is -0.388. The number of halogens is 3. The zero-order valence-electron chi connectivity index (χ0n) is 15.7. The van der Waals surface area contributed by atoms with Crippen LogP contribution >= 0.6 is 11.8 Å². The number of esters is 1. The van der Waals surface area contributed by atoms with Crippen LogP contribution in [0.15, 0.2) is 23.1 Å². The summed E-state index contributed by atoms with van der Waals surface area (Å²) in [7, 11) is 0. The molecule has 160 valence electrons. The fourth-order valence-corrected chi connectivity index (χ4v) is 3.49. The Hall–Kier alpha value is -2.30. The fourth-order valence-electron chi connectivity index (χ4n) is 2.58. The summed E-state index contributed by atoms with van der Waals surface area (Å²) >= 11 is 0.807. The maximum atomic E-state index is 12.8. The van der Waals surface area contributed by atoms with Crippen molar-refractivity contribution >= 4 is 29.3 Å². The number of hydrogen-bond acceptors (Lipinski definition) is 6. The second kappa shape index (κ2) is 9.95. The number of rotatable bonds is 10. The monoisotopic (exact) mass is 434 g/mol. The summed E-state index contributed by atoms with van der Waals surface area (Å²) in [5.74, 6) is -0.569. The Kier molecular flexibility index (Phi) is 7.88. The van der Waals surface area contributed by atoms with E-state index >= 15 is 0 Å². The molecule has 0 saturated heterocycles. The van der Waals surface area contributed by atoms with Crippen LogP contribution in [0.5, 0.6) is 0 Å². The third-order valence-corrected chi connectivity index (χ3v) is 5.30. The maximum Gasteiger partial charge on any atom is 0.416 e. The molecule has 0 spiro atoms. The Labute approximate surface area is 169 Å². The third kappa shape index (κ3) is 7.22. The molecule has 0 aromatic heterocycles. The molecule has 0 radical (unpaired) electrons. The SMILES string of the molecule is CCOC(=O)CCN(CC1CC1)C(=O)CSc1ccc(C(F)(F)F)cc1[N+](=O)[O-]. The Balaban J connectivity index is 2.04. The van der Waals surface area contributed by atoms with Gasteiger partial charge in [0.15, 0.2) is 0 Å². The Morgan fingerprint density at radius 1 is 1.34 bits per heavy atom. The molecule has 2 rings (SSSR count). The molecule has 1 amide bonds. The third-order valence-electron chi connectivity index (χ3n) is 4.25. The second-order valence-corrected chi connectivity index (χ2v) is 7.58. The minimum Gasteiger partial charge on any atom is -0.466 e. The van der Waals surface area contributed by atoms with Crippen molar-refractivity contribution in [3.63, 3.8) is 0 Å². The second-order valence-electron chi connectivity index (χ2n) is 6.56. The van der Waals surface area contributed by atoms with Gasteiger partial charge in [-0.05, 0) is 37.8 Å². The molecule has 1 fully saturated rings. The van der Waals surface area contributed by atoms with E-state index in [1.54, 1.807) is 6.92 Å². The molecular formula is C18H21F3N2O5S. The van der Waals surface area contributed by atoms with Gasteiger partial charge in [-0.1, -0.05) is 0 Å². The molecule has 29 heavy (non-hydrogen) atoms. The Morgan fingerprint density at radius 3 is 2.59 bits per heavy atom. The number of amides is 1. The van der Waals surface area contributed by atoms with Crippen molar-refractivity contribution in [3.8, 4) is 0 Å². The first kappa shape index (κ1) is 23.0. The van der Waals surface area contributed by atoms with Gasteiger partial charge in [-0.25, -0.2) is 0 Å². The molecule has 0 heterocycles. The molecule has 7 nitrogen and oxygen atoms in total. The summed E-state index contributed by atoms with van der Waals surface area (Å²) in [6.45, 7) is 2.57. The van der Waals surface area contributed by atoms with Crippen LogP contribution in [-0.4, -0.2) is 47.1 Å². The fraction of sp³-hybridized carbons (Fsp3) is 0.556. The highest BCUT2D eigenvalue weighted by molar-refractivity contribution is 8.00. The van der Waals surface area contributed by atoms with Gasteiger partial charge in [0.05, 0.1) is 34.2 Å². The van der Waals surface area contributed by atoms with Crippen LogP contribution in [0, 0.1) is 16.0 Å². The van der Waals surface area contributed by atoms with E-state index in [1.807, 2.05) is 0 Å². The van der Waals surface area contributed by atoms with Gasteiger partial charge in [0.1, 0.15) is 0 Å². The largest absolute Gasteiger partial charge is 0.466 e. The lowest BCUT2D eigenvalue weighted by atomic mass is 10.2. The topological polar surface area (TPSA) is 89.8 Å². The molecule has 0 N–H and O–H groups in total. The lowest BCUT2D eigenvalue weighted by Crippen LogP contribution is -2.36. The molecule has 0 bridgehead atoms. The van der Waals surface area contributed by atoms with Crippen molar-refractivity contribution in [1.82, 2.24) is 4.90 Å². The number of thioether (sulfide) groups is 1. The number of nitro benzene ring substituents is 1. The molecule has 1 saturated carbocycles. The van der Waals surface area contributed by atoms with Crippen LogP contribution in [0.25, 0.3) is 0 Å². The average molecular weight is 434 g/mol. The standard InChI is InChI=1S/C18H21F3N2O5S/c1-2-28-17(25)7-8-22(10-12-3-4-12)16(24)11-29-15-6-5-13(18(19,20)21)9-14(15)23(26)27/h5-6,9,12H,2-4,7-8,10-11H2,1H3. The van der Waals surface area contributed by atoms with Gasteiger partial charge in [0, 0.05) is 19.2 Å². The Morgan fingerprint density at radius 2 is 2.03 bits per heavy atom. The van der Waals surface area contributed by atoms with Crippen LogP contribution in [0.4, 0.5) is 18.9 Å². The molecule has 1 aromatic rings. The Bertz CT molecular complexity index is 768. The van der Waals surface area contributed by atoms with E-state index < -0.39 is 28.3 Å². The minimum atomic E-state index is -4.70. The van der Waals surface area contributed by atoms with Crippen molar-refractivity contribution in [2.24, 2.45) is 5.92 Å². The summed E-state index contributed by atoms with van der Waals surface area (Å²) in [6, 6.07) is 2.22. The van der Waals surface area contributed by atoms with Gasteiger partial charge >= 0.3 is 12.1 Å². The van der Waals surface area contributed by atoms with Crippen molar-refractivity contribution < 1.29 is 32.4 Å². The number of ether oxygens (including phenoxy) is 1. The minimum absolute atomic E-state index is 0.0203. The molecule has 0 aliphatic heterocycles. The van der Waals surface area contributed by atoms with Crippen LogP contribution < -0.4 is 0 Å². The van der Waals surface area contributed by atoms with Gasteiger partial charge in [-0.3, -0.25) is 19.7 Å². The van der Waals surface area contributed by atoms with Gasteiger partial charge in [0.25, 0.3) is 5.69 Å². The molecule has 1 aliphatic carbocycles. The van der Waals surface area contributed by atoms with E-state index in [9.17, 15) is 32.9 Å². The van der Waals surface area contributed by atoms with E-state index in [1.165, 1.54) is 4.90 Å². The normalized spacial score (nSPS) is 13.8. The van der Waals surface area contributed by atoms with Crippen LogP contribution in [0.2, 0.25) is 0 Å². The number of alkyl halides is 3.